The molecule has 1 unspecified atom stereocenters. The summed E-state index contributed by atoms with van der Waals surface area (Å²) in [5.41, 5.74) is 4.55. The smallest absolute Gasteiger partial charge is 0.272 e. The number of hydrogen-bond acceptors (Lipinski definition) is 7. The number of nitrogens with one attached hydrogen (secondary N) is 3. The molecule has 6 aromatic rings. The van der Waals surface area contributed by atoms with E-state index in [1.807, 2.05) is 105 Å². The lowest BCUT2D eigenvalue weighted by atomic mass is 10.1. The summed E-state index contributed by atoms with van der Waals surface area (Å²) in [4.78, 5) is 45.7. The van der Waals surface area contributed by atoms with E-state index < -0.39 is 17.1 Å². The fraction of sp³-hybridized carbons (Fsp3) is 0.100. The van der Waals surface area contributed by atoms with Crippen molar-refractivity contribution in [2.24, 2.45) is 0 Å². The van der Waals surface area contributed by atoms with Gasteiger partial charge in [-0.3, -0.25) is 14.4 Å². The van der Waals surface area contributed by atoms with Gasteiger partial charge < -0.3 is 20.7 Å². The first-order chi connectivity index (χ1) is 24.3. The maximum Gasteiger partial charge on any atom is 0.272 e. The third-order valence-corrected chi connectivity index (χ3v) is 9.72. The van der Waals surface area contributed by atoms with Gasteiger partial charge in [0, 0.05) is 16.1 Å². The third kappa shape index (κ3) is 8.84. The zero-order valence-corrected chi connectivity index (χ0v) is 29.0. The maximum absolute atomic E-state index is 13.7. The minimum Gasteiger partial charge on any atom is -0.494 e. The lowest BCUT2D eigenvalue weighted by molar-refractivity contribution is -0.116. The highest BCUT2D eigenvalue weighted by Gasteiger charge is 2.24. The number of hydrogen-bond donors (Lipinski definition) is 3. The van der Waals surface area contributed by atoms with Crippen molar-refractivity contribution >= 4 is 67.9 Å². The molecule has 0 saturated carbocycles. The van der Waals surface area contributed by atoms with Crippen molar-refractivity contribution in [1.29, 1.82) is 0 Å². The number of amides is 3. The zero-order valence-electron chi connectivity index (χ0n) is 27.4. The predicted molar refractivity (Wildman–Crippen MR) is 203 cm³/mol. The standard InChI is InChI=1S/C40H34N4O4S2/c1-3-48-31-20-23-33-35(25-31)50-40(43-33)44-39(47)36(28-10-6-4-7-11-28)49-32-21-18-30(19-22-32)41-38(46)34(24-27-16-14-26(2)15-17-27)42-37(45)29-12-8-5-9-13-29/h4-25,36H,3H2,1-2H3,(H,41,46)(H,42,45)(H,43,44,47)/b34-24-. The molecule has 1 aromatic heterocycles. The van der Waals surface area contributed by atoms with Crippen LogP contribution in [-0.2, 0) is 9.59 Å². The Morgan fingerprint density at radius 2 is 1.54 bits per heavy atom. The van der Waals surface area contributed by atoms with Crippen LogP contribution in [0.1, 0.15) is 39.2 Å². The van der Waals surface area contributed by atoms with Crippen molar-refractivity contribution in [1.82, 2.24) is 10.3 Å². The molecule has 0 radical (unpaired) electrons. The number of anilines is 2. The van der Waals surface area contributed by atoms with Crippen molar-refractivity contribution in [3.8, 4) is 5.75 Å². The third-order valence-electron chi connectivity index (χ3n) is 7.52. The molecule has 1 atom stereocenters. The van der Waals surface area contributed by atoms with Crippen LogP contribution in [-0.4, -0.2) is 29.3 Å². The summed E-state index contributed by atoms with van der Waals surface area (Å²) in [5, 5.41) is 8.62. The molecule has 0 bridgehead atoms. The minimum absolute atomic E-state index is 0.103. The molecule has 0 aliphatic heterocycles. The van der Waals surface area contributed by atoms with Gasteiger partial charge in [0.2, 0.25) is 5.91 Å². The quantitative estimate of drug-likeness (QED) is 0.0870. The van der Waals surface area contributed by atoms with Gasteiger partial charge in [0.1, 0.15) is 16.7 Å². The van der Waals surface area contributed by atoms with Gasteiger partial charge in [-0.1, -0.05) is 89.7 Å². The molecule has 5 aromatic carbocycles. The zero-order chi connectivity index (χ0) is 34.9. The van der Waals surface area contributed by atoms with Crippen LogP contribution in [0.15, 0.2) is 138 Å². The van der Waals surface area contributed by atoms with Crippen molar-refractivity contribution in [3.63, 3.8) is 0 Å². The number of fused-ring (bicyclic) bond motifs is 1. The van der Waals surface area contributed by atoms with Gasteiger partial charge in [0.15, 0.2) is 5.13 Å². The summed E-state index contributed by atoms with van der Waals surface area (Å²) < 4.78 is 6.53. The maximum atomic E-state index is 13.7. The Balaban J connectivity index is 1.17. The summed E-state index contributed by atoms with van der Waals surface area (Å²) in [6, 6.07) is 38.9. The van der Waals surface area contributed by atoms with Crippen molar-refractivity contribution < 1.29 is 19.1 Å². The van der Waals surface area contributed by atoms with Gasteiger partial charge in [-0.25, -0.2) is 4.98 Å². The number of ether oxygens (including phenoxy) is 1. The van der Waals surface area contributed by atoms with Crippen molar-refractivity contribution in [2.75, 3.05) is 17.2 Å². The number of carbonyl (C=O) groups excluding carboxylic acids is 3. The van der Waals surface area contributed by atoms with Crippen LogP contribution in [0.5, 0.6) is 5.75 Å². The highest BCUT2D eigenvalue weighted by atomic mass is 32.2. The van der Waals surface area contributed by atoms with E-state index in [-0.39, 0.29) is 11.6 Å². The van der Waals surface area contributed by atoms with Crippen molar-refractivity contribution in [2.45, 2.75) is 24.0 Å². The summed E-state index contributed by atoms with van der Waals surface area (Å²) in [5.74, 6) is -0.310. The molecule has 8 nitrogen and oxygen atoms in total. The number of aryl methyl sites for hydroxylation is 1. The molecule has 0 aliphatic rings. The van der Waals surface area contributed by atoms with Crippen LogP contribution in [0.4, 0.5) is 10.8 Å². The van der Waals surface area contributed by atoms with Gasteiger partial charge in [0.25, 0.3) is 11.8 Å². The normalized spacial score (nSPS) is 11.8. The summed E-state index contributed by atoms with van der Waals surface area (Å²) in [7, 11) is 0. The fourth-order valence-electron chi connectivity index (χ4n) is 5.01. The number of rotatable bonds is 12. The Labute approximate surface area is 298 Å². The summed E-state index contributed by atoms with van der Waals surface area (Å²) in [6.45, 7) is 4.48. The van der Waals surface area contributed by atoms with Gasteiger partial charge in [-0.15, -0.1) is 11.8 Å². The Morgan fingerprint density at radius 3 is 2.24 bits per heavy atom. The molecule has 0 saturated heterocycles. The van der Waals surface area contributed by atoms with Gasteiger partial charge in [-0.05, 0) is 85.6 Å². The predicted octanol–water partition coefficient (Wildman–Crippen LogP) is 8.89. The topological polar surface area (TPSA) is 109 Å². The first-order valence-electron chi connectivity index (χ1n) is 16.0. The van der Waals surface area contributed by atoms with Crippen LogP contribution in [0.25, 0.3) is 16.3 Å². The van der Waals surface area contributed by atoms with Gasteiger partial charge in [-0.2, -0.15) is 0 Å². The van der Waals surface area contributed by atoms with Crippen LogP contribution >= 0.6 is 23.1 Å². The van der Waals surface area contributed by atoms with Crippen LogP contribution in [0, 0.1) is 6.92 Å². The number of aromatic nitrogens is 1. The van der Waals surface area contributed by atoms with Crippen LogP contribution < -0.4 is 20.7 Å². The second-order valence-corrected chi connectivity index (χ2v) is 13.5. The molecule has 6 rings (SSSR count). The molecule has 0 aliphatic carbocycles. The Hall–Kier alpha value is -5.71. The summed E-state index contributed by atoms with van der Waals surface area (Å²) in [6.07, 6.45) is 1.65. The Kier molecular flexibility index (Phi) is 11.0. The van der Waals surface area contributed by atoms with Crippen molar-refractivity contribution in [3.05, 3.63) is 155 Å². The SMILES string of the molecule is CCOc1ccc2nc(NC(=O)C(Sc3ccc(NC(=O)/C(=C/c4ccc(C)cc4)NC(=O)c4ccccc4)cc3)c3ccccc3)sc2c1. The Morgan fingerprint density at radius 1 is 0.840 bits per heavy atom. The molecular weight excluding hydrogens is 665 g/mol. The average molecular weight is 699 g/mol. The van der Waals surface area contributed by atoms with E-state index in [1.54, 1.807) is 42.5 Å². The second-order valence-electron chi connectivity index (χ2n) is 11.2. The first-order valence-corrected chi connectivity index (χ1v) is 17.7. The minimum atomic E-state index is -0.570. The lowest BCUT2D eigenvalue weighted by Gasteiger charge is -2.16. The molecule has 1 heterocycles. The average Bonchev–Trinajstić information content (AvgIpc) is 3.54. The summed E-state index contributed by atoms with van der Waals surface area (Å²) >= 11 is 2.79. The van der Waals surface area contributed by atoms with E-state index in [2.05, 4.69) is 20.9 Å². The van der Waals surface area contributed by atoms with Crippen LogP contribution in [0.3, 0.4) is 0 Å². The number of benzene rings is 5. The van der Waals surface area contributed by atoms with E-state index in [0.29, 0.717) is 23.0 Å². The molecule has 3 N–H and O–H groups in total. The highest BCUT2D eigenvalue weighted by Crippen LogP contribution is 2.38. The molecule has 0 spiro atoms. The van der Waals surface area contributed by atoms with Gasteiger partial charge in [0.05, 0.1) is 16.8 Å². The number of carbonyl (C=O) groups is 3. The molecule has 0 fully saturated rings. The molecule has 250 valence electrons. The van der Waals surface area contributed by atoms with Crippen LogP contribution in [0.2, 0.25) is 0 Å². The van der Waals surface area contributed by atoms with E-state index in [4.69, 9.17) is 4.74 Å². The van der Waals surface area contributed by atoms with E-state index in [1.165, 1.54) is 23.1 Å². The fourth-order valence-corrected chi connectivity index (χ4v) is 6.93. The van der Waals surface area contributed by atoms with E-state index in [0.717, 1.165) is 37.6 Å². The number of nitrogens with zero attached hydrogens (tertiary/aromatic N) is 1. The Bertz CT molecular complexity index is 2130. The number of thiazole rings is 1. The highest BCUT2D eigenvalue weighted by molar-refractivity contribution is 8.00. The van der Waals surface area contributed by atoms with E-state index >= 15 is 0 Å². The molecular formula is C40H34N4O4S2. The monoisotopic (exact) mass is 698 g/mol. The largest absolute Gasteiger partial charge is 0.494 e. The number of thioether (sulfide) groups is 1. The molecule has 3 amide bonds. The lowest BCUT2D eigenvalue weighted by Crippen LogP contribution is -2.30. The first kappa shape index (κ1) is 34.2. The van der Waals surface area contributed by atoms with Gasteiger partial charge >= 0.3 is 0 Å². The molecule has 50 heavy (non-hydrogen) atoms. The molecule has 10 heteroatoms. The second kappa shape index (κ2) is 16.1. The van der Waals surface area contributed by atoms with E-state index in [9.17, 15) is 14.4 Å².